The fourth-order valence-electron chi connectivity index (χ4n) is 2.28. The zero-order valence-corrected chi connectivity index (χ0v) is 9.48. The van der Waals surface area contributed by atoms with E-state index >= 15 is 0 Å². The Labute approximate surface area is 96.2 Å². The molecule has 3 N–H and O–H groups in total. The zero-order valence-electron chi connectivity index (χ0n) is 9.48. The molecular weight excluding hydrogens is 202 g/mol. The number of aromatic hydroxyl groups is 1. The molecule has 0 aromatic heterocycles. The van der Waals surface area contributed by atoms with E-state index < -0.39 is 0 Å². The summed E-state index contributed by atoms with van der Waals surface area (Å²) in [4.78, 5) is 0. The van der Waals surface area contributed by atoms with E-state index in [-0.39, 0.29) is 5.54 Å². The van der Waals surface area contributed by atoms with Gasteiger partial charge in [0.25, 0.3) is 0 Å². The fourth-order valence-corrected chi connectivity index (χ4v) is 2.28. The summed E-state index contributed by atoms with van der Waals surface area (Å²) in [6, 6.07) is 7.35. The summed E-state index contributed by atoms with van der Waals surface area (Å²) >= 11 is 0. The van der Waals surface area contributed by atoms with E-state index in [9.17, 15) is 5.11 Å². The maximum Gasteiger partial charge on any atom is 0.115 e. The molecule has 88 valence electrons. The first-order chi connectivity index (χ1) is 7.68. The van der Waals surface area contributed by atoms with E-state index in [1.165, 1.54) is 0 Å². The van der Waals surface area contributed by atoms with Crippen molar-refractivity contribution in [3.05, 3.63) is 29.8 Å². The van der Waals surface area contributed by atoms with Crippen LogP contribution in [-0.2, 0) is 11.2 Å². The third kappa shape index (κ3) is 2.97. The molecule has 1 aliphatic rings. The summed E-state index contributed by atoms with van der Waals surface area (Å²) in [5.74, 6) is 0.311. The van der Waals surface area contributed by atoms with Gasteiger partial charge in [0, 0.05) is 18.8 Å². The Kier molecular flexibility index (Phi) is 3.46. The summed E-state index contributed by atoms with van der Waals surface area (Å²) in [6.07, 6.45) is 3.71. The number of phenolic OH excluding ortho intramolecular Hbond substituents is 1. The van der Waals surface area contributed by atoms with Gasteiger partial charge in [-0.15, -0.1) is 0 Å². The molecule has 0 spiro atoms. The van der Waals surface area contributed by atoms with Crippen LogP contribution in [-0.4, -0.2) is 23.9 Å². The maximum atomic E-state index is 9.42. The van der Waals surface area contributed by atoms with Crippen molar-refractivity contribution in [3.63, 3.8) is 0 Å². The van der Waals surface area contributed by atoms with E-state index in [1.54, 1.807) is 12.1 Å². The smallest absolute Gasteiger partial charge is 0.115 e. The molecule has 0 radical (unpaired) electrons. The molecule has 0 aliphatic carbocycles. The molecule has 1 aromatic carbocycles. The molecule has 1 saturated heterocycles. The van der Waals surface area contributed by atoms with Gasteiger partial charge in [0.15, 0.2) is 0 Å². The lowest BCUT2D eigenvalue weighted by Gasteiger charge is -2.27. The molecule has 1 aliphatic heterocycles. The van der Waals surface area contributed by atoms with Gasteiger partial charge < -0.3 is 15.6 Å². The lowest BCUT2D eigenvalue weighted by Crippen LogP contribution is -2.42. The standard InChI is InChI=1S/C13H19NO2/c14-13(5-2-7-16-8-6-13)10-11-3-1-4-12(15)9-11/h1,3-4,9,15H,2,5-8,10,14H2. The second kappa shape index (κ2) is 4.85. The van der Waals surface area contributed by atoms with E-state index in [0.717, 1.165) is 44.5 Å². The van der Waals surface area contributed by atoms with Gasteiger partial charge in [-0.25, -0.2) is 0 Å². The topological polar surface area (TPSA) is 55.5 Å². The van der Waals surface area contributed by atoms with Crippen LogP contribution < -0.4 is 5.73 Å². The molecule has 1 heterocycles. The highest BCUT2D eigenvalue weighted by atomic mass is 16.5. The summed E-state index contributed by atoms with van der Waals surface area (Å²) in [5.41, 5.74) is 7.30. The highest BCUT2D eigenvalue weighted by Gasteiger charge is 2.26. The molecule has 0 amide bonds. The van der Waals surface area contributed by atoms with Crippen LogP contribution in [0.4, 0.5) is 0 Å². The number of hydrogen-bond donors (Lipinski definition) is 2. The zero-order chi connectivity index (χ0) is 11.4. The van der Waals surface area contributed by atoms with Crippen molar-refractivity contribution >= 4 is 0 Å². The van der Waals surface area contributed by atoms with Gasteiger partial charge in [0.05, 0.1) is 0 Å². The molecule has 3 nitrogen and oxygen atoms in total. The number of ether oxygens (including phenoxy) is 1. The van der Waals surface area contributed by atoms with Crippen molar-refractivity contribution in [1.29, 1.82) is 0 Å². The predicted molar refractivity (Wildman–Crippen MR) is 63.4 cm³/mol. The molecule has 0 bridgehead atoms. The Morgan fingerprint density at radius 3 is 3.00 bits per heavy atom. The Bertz CT molecular complexity index is 344. The highest BCUT2D eigenvalue weighted by molar-refractivity contribution is 5.28. The summed E-state index contributed by atoms with van der Waals surface area (Å²) in [5, 5.41) is 9.42. The fraction of sp³-hybridized carbons (Fsp3) is 0.538. The summed E-state index contributed by atoms with van der Waals surface area (Å²) < 4.78 is 5.42. The number of benzene rings is 1. The van der Waals surface area contributed by atoms with Crippen LogP contribution in [0.3, 0.4) is 0 Å². The van der Waals surface area contributed by atoms with E-state index in [0.29, 0.717) is 5.75 Å². The Hall–Kier alpha value is -1.06. The molecule has 2 rings (SSSR count). The van der Waals surface area contributed by atoms with Crippen LogP contribution in [0.5, 0.6) is 5.75 Å². The SMILES string of the molecule is NC1(Cc2cccc(O)c2)CCCOCC1. The normalized spacial score (nSPS) is 26.3. The number of phenols is 1. The van der Waals surface area contributed by atoms with Crippen LogP contribution in [0.2, 0.25) is 0 Å². The first kappa shape index (κ1) is 11.4. The van der Waals surface area contributed by atoms with Gasteiger partial charge in [-0.2, -0.15) is 0 Å². The molecule has 1 unspecified atom stereocenters. The minimum Gasteiger partial charge on any atom is -0.508 e. The number of nitrogens with two attached hydrogens (primary N) is 1. The van der Waals surface area contributed by atoms with Gasteiger partial charge in [-0.05, 0) is 43.4 Å². The average Bonchev–Trinajstić information content (AvgIpc) is 2.43. The predicted octanol–water partition coefficient (Wildman–Crippen LogP) is 1.83. The minimum atomic E-state index is -0.176. The molecule has 1 aromatic rings. The molecule has 1 atom stereocenters. The van der Waals surface area contributed by atoms with Crippen LogP contribution >= 0.6 is 0 Å². The number of hydrogen-bond acceptors (Lipinski definition) is 3. The second-order valence-corrected chi connectivity index (χ2v) is 4.67. The van der Waals surface area contributed by atoms with E-state index in [2.05, 4.69) is 0 Å². The van der Waals surface area contributed by atoms with E-state index in [4.69, 9.17) is 10.5 Å². The Morgan fingerprint density at radius 2 is 2.19 bits per heavy atom. The third-order valence-corrected chi connectivity index (χ3v) is 3.17. The lowest BCUT2D eigenvalue weighted by molar-refractivity contribution is 0.139. The first-order valence-corrected chi connectivity index (χ1v) is 5.83. The molecule has 0 saturated carbocycles. The Morgan fingerprint density at radius 1 is 1.31 bits per heavy atom. The number of rotatable bonds is 2. The van der Waals surface area contributed by atoms with Crippen LogP contribution in [0.25, 0.3) is 0 Å². The first-order valence-electron chi connectivity index (χ1n) is 5.83. The molecule has 1 fully saturated rings. The monoisotopic (exact) mass is 221 g/mol. The van der Waals surface area contributed by atoms with Gasteiger partial charge in [0.1, 0.15) is 5.75 Å². The molecular formula is C13H19NO2. The lowest BCUT2D eigenvalue weighted by atomic mass is 9.85. The van der Waals surface area contributed by atoms with Crippen molar-refractivity contribution < 1.29 is 9.84 Å². The van der Waals surface area contributed by atoms with Crippen molar-refractivity contribution in [3.8, 4) is 5.75 Å². The van der Waals surface area contributed by atoms with Crippen molar-refractivity contribution in [2.24, 2.45) is 5.73 Å². The average molecular weight is 221 g/mol. The molecule has 3 heteroatoms. The highest BCUT2D eigenvalue weighted by Crippen LogP contribution is 2.24. The van der Waals surface area contributed by atoms with Gasteiger partial charge in [-0.3, -0.25) is 0 Å². The van der Waals surface area contributed by atoms with Crippen molar-refractivity contribution in [2.75, 3.05) is 13.2 Å². The van der Waals surface area contributed by atoms with Crippen molar-refractivity contribution in [1.82, 2.24) is 0 Å². The van der Waals surface area contributed by atoms with Crippen LogP contribution in [0.15, 0.2) is 24.3 Å². The van der Waals surface area contributed by atoms with E-state index in [1.807, 2.05) is 12.1 Å². The van der Waals surface area contributed by atoms with Gasteiger partial charge in [-0.1, -0.05) is 12.1 Å². The largest absolute Gasteiger partial charge is 0.508 e. The maximum absolute atomic E-state index is 9.42. The van der Waals surface area contributed by atoms with Crippen LogP contribution in [0, 0.1) is 0 Å². The molecule has 16 heavy (non-hydrogen) atoms. The third-order valence-electron chi connectivity index (χ3n) is 3.17. The van der Waals surface area contributed by atoms with Gasteiger partial charge in [0.2, 0.25) is 0 Å². The minimum absolute atomic E-state index is 0.176. The summed E-state index contributed by atoms with van der Waals surface area (Å²) in [7, 11) is 0. The Balaban J connectivity index is 2.06. The second-order valence-electron chi connectivity index (χ2n) is 4.67. The van der Waals surface area contributed by atoms with Crippen molar-refractivity contribution in [2.45, 2.75) is 31.2 Å². The quantitative estimate of drug-likeness (QED) is 0.801. The summed E-state index contributed by atoms with van der Waals surface area (Å²) in [6.45, 7) is 1.56. The van der Waals surface area contributed by atoms with Gasteiger partial charge >= 0.3 is 0 Å². The van der Waals surface area contributed by atoms with Crippen LogP contribution in [0.1, 0.15) is 24.8 Å².